The molecule has 2 aliphatic heterocycles. The molecular weight excluding hydrogens is 258 g/mol. The molecule has 0 unspecified atom stereocenters. The zero-order valence-corrected chi connectivity index (χ0v) is 11.4. The maximum Gasteiger partial charge on any atom is 0.348 e. The molecule has 0 bridgehead atoms. The van der Waals surface area contributed by atoms with Gasteiger partial charge < -0.3 is 14.8 Å². The number of hydrogen-bond donors (Lipinski definition) is 1. The molecule has 1 aromatic carbocycles. The third-order valence-electron chi connectivity index (χ3n) is 3.27. The van der Waals surface area contributed by atoms with Gasteiger partial charge >= 0.3 is 11.9 Å². The van der Waals surface area contributed by atoms with Gasteiger partial charge in [-0.2, -0.15) is 0 Å². The Morgan fingerprint density at radius 1 is 1.20 bits per heavy atom. The molecule has 0 aliphatic carbocycles. The van der Waals surface area contributed by atoms with Gasteiger partial charge in [0.1, 0.15) is 5.57 Å². The first-order chi connectivity index (χ1) is 9.44. The maximum absolute atomic E-state index is 11.9. The van der Waals surface area contributed by atoms with Crippen molar-refractivity contribution < 1.29 is 19.1 Å². The number of ether oxygens (including phenoxy) is 2. The van der Waals surface area contributed by atoms with Crippen LogP contribution in [0.15, 0.2) is 23.8 Å². The SMILES string of the molecule is CC1(C)OC(=O)C(=Cc2ccc3c(c2)CCN3)C(=O)O1. The highest BCUT2D eigenvalue weighted by atomic mass is 16.7. The number of anilines is 1. The van der Waals surface area contributed by atoms with Gasteiger partial charge in [0, 0.05) is 26.1 Å². The molecule has 0 radical (unpaired) electrons. The molecule has 1 saturated heterocycles. The summed E-state index contributed by atoms with van der Waals surface area (Å²) in [7, 11) is 0. The van der Waals surface area contributed by atoms with Crippen LogP contribution in [0.25, 0.3) is 6.08 Å². The predicted octanol–water partition coefficient (Wildman–Crippen LogP) is 1.87. The predicted molar refractivity (Wildman–Crippen MR) is 72.9 cm³/mol. The molecule has 1 aromatic rings. The van der Waals surface area contributed by atoms with Crippen LogP contribution in [-0.2, 0) is 25.5 Å². The van der Waals surface area contributed by atoms with Gasteiger partial charge in [0.05, 0.1) is 0 Å². The van der Waals surface area contributed by atoms with Crippen molar-refractivity contribution in [1.82, 2.24) is 0 Å². The molecular formula is C15H15NO4. The van der Waals surface area contributed by atoms with Crippen LogP contribution in [0.3, 0.4) is 0 Å². The first kappa shape index (κ1) is 12.7. The molecule has 0 aromatic heterocycles. The van der Waals surface area contributed by atoms with Crippen molar-refractivity contribution >= 4 is 23.7 Å². The van der Waals surface area contributed by atoms with E-state index in [0.29, 0.717) is 0 Å². The summed E-state index contributed by atoms with van der Waals surface area (Å²) in [4.78, 5) is 23.7. The molecule has 104 valence electrons. The van der Waals surface area contributed by atoms with Crippen LogP contribution in [0.2, 0.25) is 0 Å². The highest BCUT2D eigenvalue weighted by Gasteiger charge is 2.38. The summed E-state index contributed by atoms with van der Waals surface area (Å²) in [6, 6.07) is 5.76. The van der Waals surface area contributed by atoms with Crippen LogP contribution in [0.1, 0.15) is 25.0 Å². The van der Waals surface area contributed by atoms with Crippen molar-refractivity contribution in [2.45, 2.75) is 26.1 Å². The quantitative estimate of drug-likeness (QED) is 0.481. The Hall–Kier alpha value is -2.30. The van der Waals surface area contributed by atoms with E-state index in [1.807, 2.05) is 18.2 Å². The molecule has 5 nitrogen and oxygen atoms in total. The van der Waals surface area contributed by atoms with Crippen molar-refractivity contribution in [3.63, 3.8) is 0 Å². The highest BCUT2D eigenvalue weighted by Crippen LogP contribution is 2.27. The van der Waals surface area contributed by atoms with Crippen LogP contribution >= 0.6 is 0 Å². The number of rotatable bonds is 1. The fourth-order valence-electron chi connectivity index (χ4n) is 2.36. The molecule has 1 fully saturated rings. The van der Waals surface area contributed by atoms with Gasteiger partial charge in [0.2, 0.25) is 0 Å². The zero-order chi connectivity index (χ0) is 14.3. The lowest BCUT2D eigenvalue weighted by atomic mass is 10.1. The van der Waals surface area contributed by atoms with E-state index in [2.05, 4.69) is 5.32 Å². The van der Waals surface area contributed by atoms with E-state index in [1.165, 1.54) is 25.5 Å². The average Bonchev–Trinajstić information content (AvgIpc) is 2.80. The largest absolute Gasteiger partial charge is 0.419 e. The summed E-state index contributed by atoms with van der Waals surface area (Å²) in [6.45, 7) is 3.97. The van der Waals surface area contributed by atoms with Crippen LogP contribution in [0.4, 0.5) is 5.69 Å². The van der Waals surface area contributed by atoms with Crippen LogP contribution in [0, 0.1) is 0 Å². The van der Waals surface area contributed by atoms with E-state index in [9.17, 15) is 9.59 Å². The molecule has 0 spiro atoms. The average molecular weight is 273 g/mol. The number of nitrogens with one attached hydrogen (secondary N) is 1. The molecule has 5 heteroatoms. The van der Waals surface area contributed by atoms with E-state index in [0.717, 1.165) is 24.2 Å². The topological polar surface area (TPSA) is 64.6 Å². The normalized spacial score (nSPS) is 19.8. The van der Waals surface area contributed by atoms with Gasteiger partial charge in [0.15, 0.2) is 0 Å². The lowest BCUT2D eigenvalue weighted by Gasteiger charge is -2.29. The minimum Gasteiger partial charge on any atom is -0.419 e. The van der Waals surface area contributed by atoms with E-state index in [4.69, 9.17) is 9.47 Å². The van der Waals surface area contributed by atoms with Crippen LogP contribution in [-0.4, -0.2) is 24.3 Å². The second kappa shape index (κ2) is 4.37. The van der Waals surface area contributed by atoms with Crippen molar-refractivity contribution in [1.29, 1.82) is 0 Å². The van der Waals surface area contributed by atoms with E-state index >= 15 is 0 Å². The van der Waals surface area contributed by atoms with Gasteiger partial charge in [-0.15, -0.1) is 0 Å². The number of benzene rings is 1. The Labute approximate surface area is 116 Å². The Bertz CT molecular complexity index is 609. The number of carbonyl (C=O) groups is 2. The third kappa shape index (κ3) is 2.27. The Morgan fingerprint density at radius 3 is 2.60 bits per heavy atom. The maximum atomic E-state index is 11.9. The van der Waals surface area contributed by atoms with E-state index in [1.54, 1.807) is 0 Å². The summed E-state index contributed by atoms with van der Waals surface area (Å²) in [6.07, 6.45) is 2.45. The lowest BCUT2D eigenvalue weighted by molar-refractivity contribution is -0.222. The van der Waals surface area contributed by atoms with Gasteiger partial charge in [-0.3, -0.25) is 0 Å². The smallest absolute Gasteiger partial charge is 0.348 e. The lowest BCUT2D eigenvalue weighted by Crippen LogP contribution is -2.41. The van der Waals surface area contributed by atoms with Gasteiger partial charge in [-0.05, 0) is 35.8 Å². The number of esters is 2. The summed E-state index contributed by atoms with van der Waals surface area (Å²) in [5.74, 6) is -2.50. The second-order valence-electron chi connectivity index (χ2n) is 5.33. The van der Waals surface area contributed by atoms with E-state index in [-0.39, 0.29) is 5.57 Å². The number of hydrogen-bond acceptors (Lipinski definition) is 5. The van der Waals surface area contributed by atoms with Crippen molar-refractivity contribution in [3.05, 3.63) is 34.9 Å². The second-order valence-corrected chi connectivity index (χ2v) is 5.33. The van der Waals surface area contributed by atoms with Crippen LogP contribution in [0.5, 0.6) is 0 Å². The first-order valence-electron chi connectivity index (χ1n) is 6.50. The van der Waals surface area contributed by atoms with E-state index < -0.39 is 17.7 Å². The van der Waals surface area contributed by atoms with Gasteiger partial charge in [-0.1, -0.05) is 6.07 Å². The Morgan fingerprint density at radius 2 is 1.90 bits per heavy atom. The highest BCUT2D eigenvalue weighted by molar-refractivity contribution is 6.18. The number of carbonyl (C=O) groups excluding carboxylic acids is 2. The fourth-order valence-corrected chi connectivity index (χ4v) is 2.36. The molecule has 3 rings (SSSR count). The van der Waals surface area contributed by atoms with Crippen molar-refractivity contribution in [3.8, 4) is 0 Å². The van der Waals surface area contributed by atoms with Gasteiger partial charge in [0.25, 0.3) is 5.79 Å². The third-order valence-corrected chi connectivity index (χ3v) is 3.27. The zero-order valence-electron chi connectivity index (χ0n) is 11.4. The standard InChI is InChI=1S/C15H15NO4/c1-15(2)19-13(17)11(14(18)20-15)8-9-3-4-12-10(7-9)5-6-16-12/h3-4,7-8,16H,5-6H2,1-2H3. The Balaban J connectivity index is 1.92. The summed E-state index contributed by atoms with van der Waals surface area (Å²) in [5, 5.41) is 3.26. The molecule has 2 heterocycles. The molecule has 0 atom stereocenters. The number of cyclic esters (lactones) is 2. The molecule has 2 aliphatic rings. The summed E-state index contributed by atoms with van der Waals surface area (Å²) >= 11 is 0. The minimum absolute atomic E-state index is 0.0739. The monoisotopic (exact) mass is 273 g/mol. The number of fused-ring (bicyclic) bond motifs is 1. The van der Waals surface area contributed by atoms with Crippen molar-refractivity contribution in [2.75, 3.05) is 11.9 Å². The summed E-state index contributed by atoms with van der Waals surface area (Å²) in [5.41, 5.74) is 2.99. The molecule has 20 heavy (non-hydrogen) atoms. The summed E-state index contributed by atoms with van der Waals surface area (Å²) < 4.78 is 10.1. The van der Waals surface area contributed by atoms with Crippen molar-refractivity contribution in [2.24, 2.45) is 0 Å². The minimum atomic E-state index is -1.20. The van der Waals surface area contributed by atoms with Gasteiger partial charge in [-0.25, -0.2) is 9.59 Å². The Kier molecular flexibility index (Phi) is 2.78. The van der Waals surface area contributed by atoms with Crippen LogP contribution < -0.4 is 5.32 Å². The fraction of sp³-hybridized carbons (Fsp3) is 0.333. The molecule has 0 saturated carbocycles. The molecule has 1 N–H and O–H groups in total. The molecule has 0 amide bonds. The first-order valence-corrected chi connectivity index (χ1v) is 6.50.